The van der Waals surface area contributed by atoms with Crippen LogP contribution in [-0.2, 0) is 47.7 Å². The number of rotatable bonds is 19. The Morgan fingerprint density at radius 1 is 0.541 bits per heavy atom. The molecule has 4 saturated carbocycles. The summed E-state index contributed by atoms with van der Waals surface area (Å²) in [6.07, 6.45) is 12.9. The number of carbonyl (C=O) groups excluding carboxylic acids is 6. The van der Waals surface area contributed by atoms with Crippen LogP contribution in [0.5, 0.6) is 0 Å². The van der Waals surface area contributed by atoms with Crippen molar-refractivity contribution in [1.29, 1.82) is 0 Å². The van der Waals surface area contributed by atoms with Crippen LogP contribution >= 0.6 is 0 Å². The molecular weight excluding hydrogens is 953 g/mol. The zero-order chi connectivity index (χ0) is 54.5. The summed E-state index contributed by atoms with van der Waals surface area (Å²) < 4.78 is 24.8. The molecule has 0 bridgehead atoms. The standard InChI is InChI=1S/C58H82O16/c1-31-23-41-53(67,47(31)65)27-37(29-59)25-39-45-51(7,8)57(45,73-35(5)61)49(33(3)55(39,41)69)71-43(63)21-19-17-15-13-11-12-14-16-18-20-22-44(64)72-50-34(4)56(70)40(46-52(9,10)58(46,50)74-36(6)62)26-38(30-60)28-54(68)42(56)24-32(2)48(54)66/h23-26,33-34,39-42,45-46,49-50,59-60,67-70H,11-22,27-30H2,1-10H3/t33-,34-,39+,40+,41-,42-,45-,46-,49-,50-,53-,54-,55-,56-,57-,58-/m1/s1. The molecule has 0 aliphatic heterocycles. The van der Waals surface area contributed by atoms with Gasteiger partial charge in [-0.2, -0.15) is 0 Å². The van der Waals surface area contributed by atoms with Crippen molar-refractivity contribution in [2.24, 2.45) is 58.2 Å². The molecule has 16 heteroatoms. The van der Waals surface area contributed by atoms with E-state index < -0.39 is 153 Å². The lowest BCUT2D eigenvalue weighted by Gasteiger charge is -2.53. The second-order valence-corrected chi connectivity index (χ2v) is 24.9. The number of aliphatic hydroxyl groups is 6. The zero-order valence-corrected chi connectivity index (χ0v) is 45.2. The number of Topliss-reactive ketones (excluding diaryl/α,β-unsaturated/α-hetero) is 2. The van der Waals surface area contributed by atoms with Crippen LogP contribution in [-0.4, -0.2) is 125 Å². The lowest BCUT2D eigenvalue weighted by Crippen LogP contribution is -2.66. The first kappa shape index (κ1) is 56.2. The largest absolute Gasteiger partial charge is 0.458 e. The van der Waals surface area contributed by atoms with Gasteiger partial charge in [0.05, 0.1) is 24.4 Å². The number of aliphatic hydroxyl groups excluding tert-OH is 2. The topological polar surface area (TPSA) is 261 Å². The Labute approximate surface area is 435 Å². The number of carbonyl (C=O) groups is 6. The Bertz CT molecular complexity index is 2280. The van der Waals surface area contributed by atoms with Crippen LogP contribution in [0.15, 0.2) is 46.6 Å². The summed E-state index contributed by atoms with van der Waals surface area (Å²) in [5, 5.41) is 70.5. The third-order valence-electron chi connectivity index (χ3n) is 20.1. The molecule has 0 unspecified atom stereocenters. The van der Waals surface area contributed by atoms with Crippen LogP contribution < -0.4 is 0 Å². The van der Waals surface area contributed by atoms with Gasteiger partial charge < -0.3 is 49.6 Å². The van der Waals surface area contributed by atoms with Crippen molar-refractivity contribution in [3.8, 4) is 0 Å². The fourth-order valence-electron chi connectivity index (χ4n) is 16.5. The number of esters is 4. The van der Waals surface area contributed by atoms with Crippen molar-refractivity contribution in [3.05, 3.63) is 46.6 Å². The molecule has 8 aliphatic carbocycles. The molecular formula is C58H82O16. The Kier molecular flexibility index (Phi) is 14.8. The lowest BCUT2D eigenvalue weighted by molar-refractivity contribution is -0.228. The first-order chi connectivity index (χ1) is 34.5. The van der Waals surface area contributed by atoms with E-state index in [0.717, 1.165) is 51.4 Å². The smallest absolute Gasteiger partial charge is 0.306 e. The molecule has 0 aromatic carbocycles. The highest BCUT2D eigenvalue weighted by Gasteiger charge is 2.89. The highest BCUT2D eigenvalue weighted by Crippen LogP contribution is 2.78. The van der Waals surface area contributed by atoms with Gasteiger partial charge in [0.15, 0.2) is 22.8 Å². The Hall–Kier alpha value is -4.06. The lowest BCUT2D eigenvalue weighted by atomic mass is 9.59. The summed E-state index contributed by atoms with van der Waals surface area (Å²) in [7, 11) is 0. The van der Waals surface area contributed by atoms with Crippen LogP contribution in [0.1, 0.15) is 159 Å². The van der Waals surface area contributed by atoms with Gasteiger partial charge in [-0.15, -0.1) is 0 Å². The third kappa shape index (κ3) is 8.18. The molecule has 8 aliphatic rings. The van der Waals surface area contributed by atoms with Gasteiger partial charge in [0.2, 0.25) is 0 Å². The van der Waals surface area contributed by atoms with Crippen LogP contribution in [0.3, 0.4) is 0 Å². The first-order valence-corrected chi connectivity index (χ1v) is 27.3. The van der Waals surface area contributed by atoms with Crippen molar-refractivity contribution in [2.45, 2.75) is 205 Å². The van der Waals surface area contributed by atoms with Crippen molar-refractivity contribution in [2.75, 3.05) is 13.2 Å². The molecule has 410 valence electrons. The number of fused-ring (bicyclic) bond motifs is 10. The van der Waals surface area contributed by atoms with Gasteiger partial charge in [-0.25, -0.2) is 0 Å². The molecule has 0 heterocycles. The van der Waals surface area contributed by atoms with Crippen molar-refractivity contribution >= 4 is 35.4 Å². The summed E-state index contributed by atoms with van der Waals surface area (Å²) in [6.45, 7) is 16.0. The van der Waals surface area contributed by atoms with Gasteiger partial charge in [-0.3, -0.25) is 28.8 Å². The number of ether oxygens (including phenoxy) is 4. The minimum absolute atomic E-state index is 0.114. The monoisotopic (exact) mass is 1030 g/mol. The third-order valence-corrected chi connectivity index (χ3v) is 20.1. The molecule has 8 rings (SSSR count). The fraction of sp³-hybridized carbons (Fsp3) is 0.759. The quantitative estimate of drug-likeness (QED) is 0.0387. The number of ketones is 2. The molecule has 0 spiro atoms. The molecule has 74 heavy (non-hydrogen) atoms. The maximum Gasteiger partial charge on any atom is 0.306 e. The van der Waals surface area contributed by atoms with Gasteiger partial charge in [-0.1, -0.05) is 117 Å². The highest BCUT2D eigenvalue weighted by atomic mass is 16.6. The molecule has 0 aromatic heterocycles. The molecule has 0 aromatic rings. The second-order valence-electron chi connectivity index (χ2n) is 24.9. The molecule has 6 N–H and O–H groups in total. The maximum absolute atomic E-state index is 13.7. The van der Waals surface area contributed by atoms with Gasteiger partial charge in [-0.05, 0) is 49.0 Å². The first-order valence-electron chi connectivity index (χ1n) is 27.3. The molecule has 16 atom stereocenters. The van der Waals surface area contributed by atoms with Crippen LogP contribution in [0.4, 0.5) is 0 Å². The molecule has 0 radical (unpaired) electrons. The summed E-state index contributed by atoms with van der Waals surface area (Å²) in [4.78, 5) is 79.7. The molecule has 0 amide bonds. The number of hydrogen-bond acceptors (Lipinski definition) is 16. The summed E-state index contributed by atoms with van der Waals surface area (Å²) in [5.41, 5.74) is -10.2. The van der Waals surface area contributed by atoms with Crippen molar-refractivity contribution in [1.82, 2.24) is 0 Å². The average Bonchev–Trinajstić information content (AvgIpc) is 3.95. The van der Waals surface area contributed by atoms with E-state index in [1.807, 2.05) is 27.7 Å². The number of unbranched alkanes of at least 4 members (excludes halogenated alkanes) is 9. The van der Waals surface area contributed by atoms with Crippen LogP contribution in [0, 0.1) is 58.2 Å². The predicted octanol–water partition coefficient (Wildman–Crippen LogP) is 5.80. The zero-order valence-electron chi connectivity index (χ0n) is 45.2. The Balaban J connectivity index is 0.796. The number of hydrogen-bond donors (Lipinski definition) is 6. The van der Waals surface area contributed by atoms with Crippen molar-refractivity contribution < 1.29 is 78.4 Å². The predicted molar refractivity (Wildman–Crippen MR) is 268 cm³/mol. The Morgan fingerprint density at radius 2 is 0.851 bits per heavy atom. The fourth-order valence-corrected chi connectivity index (χ4v) is 16.5. The van der Waals surface area contributed by atoms with E-state index in [1.54, 1.807) is 52.0 Å². The normalized spacial score (nSPS) is 41.7. The van der Waals surface area contributed by atoms with Crippen LogP contribution in [0.2, 0.25) is 0 Å². The van der Waals surface area contributed by atoms with E-state index >= 15 is 0 Å². The Morgan fingerprint density at radius 3 is 1.15 bits per heavy atom. The van der Waals surface area contributed by atoms with Crippen LogP contribution in [0.25, 0.3) is 0 Å². The van der Waals surface area contributed by atoms with E-state index in [9.17, 15) is 59.4 Å². The highest BCUT2D eigenvalue weighted by molar-refractivity contribution is 6.05. The van der Waals surface area contributed by atoms with Gasteiger partial charge in [0, 0.05) is 97.7 Å². The molecule has 16 nitrogen and oxygen atoms in total. The SMILES string of the molecule is CC(=O)O[C@@]12[C@H](OC(=O)CCCCCCCCCCCCC(=O)O[C@@H]3[C@@H](C)[C@@]4(O)[C@@H](C=C(CO)C[C@]5(O)C(=O)C(C)=C[C@@H]45)[C@@H]4C(C)(C)[C@]34OC(C)=O)[C@@H](C)[C@@]3(O)[C@@H](C=C(CO)C[C@]4(O)C(=O)C(C)=C[C@@H]34)[C@@H]1C2(C)C. The summed E-state index contributed by atoms with van der Waals surface area (Å²) >= 11 is 0. The average molecular weight is 1040 g/mol. The van der Waals surface area contributed by atoms with E-state index in [1.165, 1.54) is 13.8 Å². The second kappa shape index (κ2) is 19.4. The molecule has 4 fully saturated rings. The minimum atomic E-state index is -2.00. The summed E-state index contributed by atoms with van der Waals surface area (Å²) in [6, 6.07) is 0. The maximum atomic E-state index is 13.7. The van der Waals surface area contributed by atoms with E-state index in [4.69, 9.17) is 18.9 Å². The van der Waals surface area contributed by atoms with E-state index in [-0.39, 0.29) is 25.7 Å². The van der Waals surface area contributed by atoms with Gasteiger partial charge in [0.25, 0.3) is 0 Å². The minimum Gasteiger partial charge on any atom is -0.458 e. The van der Waals surface area contributed by atoms with Gasteiger partial charge in [0.1, 0.15) is 23.4 Å². The van der Waals surface area contributed by atoms with Gasteiger partial charge >= 0.3 is 23.9 Å². The van der Waals surface area contributed by atoms with E-state index in [0.29, 0.717) is 35.1 Å². The summed E-state index contributed by atoms with van der Waals surface area (Å²) in [5.74, 6) is -9.55. The van der Waals surface area contributed by atoms with Crippen molar-refractivity contribution in [3.63, 3.8) is 0 Å². The molecule has 0 saturated heterocycles. The van der Waals surface area contributed by atoms with E-state index in [2.05, 4.69) is 0 Å².